The zero-order valence-corrected chi connectivity index (χ0v) is 11.4. The van der Waals surface area contributed by atoms with Crippen molar-refractivity contribution in [1.82, 2.24) is 14.5 Å². The Morgan fingerprint density at radius 2 is 2.05 bits per heavy atom. The van der Waals surface area contributed by atoms with Crippen LogP contribution >= 0.6 is 0 Å². The molecule has 1 N–H and O–H groups in total. The third kappa shape index (κ3) is 2.02. The summed E-state index contributed by atoms with van der Waals surface area (Å²) in [5.74, 6) is 0.836. The maximum absolute atomic E-state index is 10.1. The van der Waals surface area contributed by atoms with Crippen molar-refractivity contribution in [1.29, 1.82) is 0 Å². The van der Waals surface area contributed by atoms with E-state index < -0.39 is 6.10 Å². The van der Waals surface area contributed by atoms with Crippen LogP contribution in [0, 0.1) is 0 Å². The van der Waals surface area contributed by atoms with Crippen molar-refractivity contribution in [3.05, 3.63) is 48.9 Å². The van der Waals surface area contributed by atoms with Crippen LogP contribution in [-0.4, -0.2) is 39.0 Å². The first-order chi connectivity index (χ1) is 10.3. The quantitative estimate of drug-likeness (QED) is 0.781. The molecule has 1 saturated heterocycles. The molecular formula is C16H15N3O2. The molecule has 0 spiro atoms. The van der Waals surface area contributed by atoms with Crippen LogP contribution in [0.2, 0.25) is 0 Å². The summed E-state index contributed by atoms with van der Waals surface area (Å²) in [5, 5.41) is 11.1. The number of aliphatic hydroxyl groups excluding tert-OH is 1. The summed E-state index contributed by atoms with van der Waals surface area (Å²) in [6.45, 7) is 0.882. The van der Waals surface area contributed by atoms with Crippen LogP contribution in [0.15, 0.2) is 48.9 Å². The lowest BCUT2D eigenvalue weighted by Gasteiger charge is -2.17. The summed E-state index contributed by atoms with van der Waals surface area (Å²) in [7, 11) is 0. The summed E-state index contributed by atoms with van der Waals surface area (Å²) in [5.41, 5.74) is 1.96. The highest BCUT2D eigenvalue weighted by molar-refractivity contribution is 5.92. The normalized spacial score (nSPS) is 22.0. The van der Waals surface area contributed by atoms with Gasteiger partial charge in [-0.2, -0.15) is 0 Å². The van der Waals surface area contributed by atoms with Crippen LogP contribution in [0.5, 0.6) is 0 Å². The maximum Gasteiger partial charge on any atom is 0.141 e. The van der Waals surface area contributed by atoms with Gasteiger partial charge in [-0.1, -0.05) is 18.2 Å². The number of rotatable bonds is 2. The minimum Gasteiger partial charge on any atom is -0.388 e. The number of fused-ring (bicyclic) bond motifs is 1. The molecule has 21 heavy (non-hydrogen) atoms. The van der Waals surface area contributed by atoms with Gasteiger partial charge in [0.1, 0.15) is 11.9 Å². The van der Waals surface area contributed by atoms with E-state index >= 15 is 0 Å². The number of pyridine rings is 1. The Hall–Kier alpha value is -2.24. The van der Waals surface area contributed by atoms with Gasteiger partial charge < -0.3 is 14.4 Å². The second-order valence-corrected chi connectivity index (χ2v) is 5.21. The number of hydrogen-bond acceptors (Lipinski definition) is 4. The molecule has 5 heteroatoms. The standard InChI is InChI=1S/C16H15N3O2/c20-15-10-21-9-14(15)19-8-7-18-16(19)12-3-1-5-13-11(12)4-2-6-17-13/h1-8,14-15,20H,9-10H2/t14-,15+/m0/s1. The van der Waals surface area contributed by atoms with E-state index in [1.165, 1.54) is 0 Å². The van der Waals surface area contributed by atoms with Crippen molar-refractivity contribution < 1.29 is 9.84 Å². The molecule has 0 unspecified atom stereocenters. The van der Waals surface area contributed by atoms with Gasteiger partial charge in [-0.15, -0.1) is 0 Å². The zero-order valence-electron chi connectivity index (χ0n) is 11.4. The molecule has 1 fully saturated rings. The minimum atomic E-state index is -0.494. The fourth-order valence-corrected chi connectivity index (χ4v) is 2.88. The molecule has 0 saturated carbocycles. The molecule has 5 nitrogen and oxygen atoms in total. The topological polar surface area (TPSA) is 60.2 Å². The van der Waals surface area contributed by atoms with Gasteiger partial charge in [0, 0.05) is 29.5 Å². The van der Waals surface area contributed by atoms with Crippen molar-refractivity contribution in [3.63, 3.8) is 0 Å². The first-order valence-electron chi connectivity index (χ1n) is 6.97. The number of aromatic nitrogens is 3. The van der Waals surface area contributed by atoms with E-state index in [-0.39, 0.29) is 6.04 Å². The highest BCUT2D eigenvalue weighted by atomic mass is 16.5. The summed E-state index contributed by atoms with van der Waals surface area (Å²) in [4.78, 5) is 8.87. The fraction of sp³-hybridized carbons (Fsp3) is 0.250. The van der Waals surface area contributed by atoms with E-state index in [1.807, 2.05) is 41.1 Å². The lowest BCUT2D eigenvalue weighted by molar-refractivity contribution is 0.119. The minimum absolute atomic E-state index is 0.0885. The van der Waals surface area contributed by atoms with Gasteiger partial charge in [-0.05, 0) is 12.1 Å². The Bertz CT molecular complexity index is 779. The van der Waals surface area contributed by atoms with Crippen molar-refractivity contribution in [2.75, 3.05) is 13.2 Å². The first kappa shape index (κ1) is 12.5. The SMILES string of the molecule is O[C@@H]1COC[C@@H]1n1ccnc1-c1cccc2ncccc12. The lowest BCUT2D eigenvalue weighted by Crippen LogP contribution is -2.22. The molecule has 1 aromatic carbocycles. The Morgan fingerprint density at radius 1 is 1.10 bits per heavy atom. The van der Waals surface area contributed by atoms with Gasteiger partial charge in [0.2, 0.25) is 0 Å². The van der Waals surface area contributed by atoms with Crippen molar-refractivity contribution >= 4 is 10.9 Å². The van der Waals surface area contributed by atoms with Crippen LogP contribution < -0.4 is 0 Å². The molecule has 2 atom stereocenters. The Balaban J connectivity index is 1.88. The van der Waals surface area contributed by atoms with Gasteiger partial charge in [0.15, 0.2) is 0 Å². The second-order valence-electron chi connectivity index (χ2n) is 5.21. The average molecular weight is 281 g/mol. The summed E-state index contributed by atoms with van der Waals surface area (Å²) < 4.78 is 7.36. The maximum atomic E-state index is 10.1. The highest BCUT2D eigenvalue weighted by Gasteiger charge is 2.29. The highest BCUT2D eigenvalue weighted by Crippen LogP contribution is 2.30. The molecular weight excluding hydrogens is 266 g/mol. The number of nitrogens with zero attached hydrogens (tertiary/aromatic N) is 3. The molecule has 2 aromatic heterocycles. The van der Waals surface area contributed by atoms with Crippen LogP contribution in [0.25, 0.3) is 22.3 Å². The summed E-state index contributed by atoms with van der Waals surface area (Å²) >= 11 is 0. The number of aliphatic hydroxyl groups is 1. The van der Waals surface area contributed by atoms with E-state index in [9.17, 15) is 5.11 Å². The van der Waals surface area contributed by atoms with Gasteiger partial charge >= 0.3 is 0 Å². The van der Waals surface area contributed by atoms with Crippen LogP contribution in [0.4, 0.5) is 0 Å². The van der Waals surface area contributed by atoms with Gasteiger partial charge in [0.25, 0.3) is 0 Å². The van der Waals surface area contributed by atoms with E-state index in [1.54, 1.807) is 12.4 Å². The predicted molar refractivity (Wildman–Crippen MR) is 78.8 cm³/mol. The van der Waals surface area contributed by atoms with Crippen LogP contribution in [0.3, 0.4) is 0 Å². The summed E-state index contributed by atoms with van der Waals surface area (Å²) in [6.07, 6.45) is 4.95. The lowest BCUT2D eigenvalue weighted by atomic mass is 10.1. The molecule has 0 bridgehead atoms. The van der Waals surface area contributed by atoms with E-state index in [4.69, 9.17) is 4.74 Å². The average Bonchev–Trinajstić information content (AvgIpc) is 3.15. The molecule has 4 rings (SSSR count). The van der Waals surface area contributed by atoms with E-state index in [0.717, 1.165) is 22.3 Å². The number of imidazole rings is 1. The zero-order chi connectivity index (χ0) is 14.2. The van der Waals surface area contributed by atoms with Gasteiger partial charge in [-0.3, -0.25) is 4.98 Å². The Kier molecular flexibility index (Phi) is 2.94. The molecule has 0 radical (unpaired) electrons. The fourth-order valence-electron chi connectivity index (χ4n) is 2.88. The third-order valence-corrected chi connectivity index (χ3v) is 3.93. The monoisotopic (exact) mass is 281 g/mol. The van der Waals surface area contributed by atoms with E-state index in [2.05, 4.69) is 9.97 Å². The smallest absolute Gasteiger partial charge is 0.141 e. The van der Waals surface area contributed by atoms with Crippen molar-refractivity contribution in [3.8, 4) is 11.4 Å². The first-order valence-corrected chi connectivity index (χ1v) is 6.97. The van der Waals surface area contributed by atoms with Gasteiger partial charge in [0.05, 0.1) is 24.8 Å². The predicted octanol–water partition coefficient (Wildman–Crippen LogP) is 2.03. The van der Waals surface area contributed by atoms with E-state index in [0.29, 0.717) is 13.2 Å². The molecule has 0 aliphatic carbocycles. The van der Waals surface area contributed by atoms with Gasteiger partial charge in [-0.25, -0.2) is 4.98 Å². The second kappa shape index (κ2) is 4.95. The van der Waals surface area contributed by atoms with Crippen molar-refractivity contribution in [2.24, 2.45) is 0 Å². The molecule has 1 aliphatic rings. The Labute approximate surface area is 121 Å². The number of ether oxygens (including phenoxy) is 1. The molecule has 1 aliphatic heterocycles. The molecule has 0 amide bonds. The molecule has 3 aromatic rings. The van der Waals surface area contributed by atoms with Crippen molar-refractivity contribution in [2.45, 2.75) is 12.1 Å². The molecule has 3 heterocycles. The summed E-state index contributed by atoms with van der Waals surface area (Å²) in [6, 6.07) is 9.87. The number of hydrogen-bond donors (Lipinski definition) is 1. The third-order valence-electron chi connectivity index (χ3n) is 3.93. The van der Waals surface area contributed by atoms with Crippen LogP contribution in [0.1, 0.15) is 6.04 Å². The molecule has 106 valence electrons. The van der Waals surface area contributed by atoms with Crippen LogP contribution in [-0.2, 0) is 4.74 Å². The number of benzene rings is 1. The largest absolute Gasteiger partial charge is 0.388 e. The Morgan fingerprint density at radius 3 is 2.90 bits per heavy atom.